The first-order valence-corrected chi connectivity index (χ1v) is 7.99. The highest BCUT2D eigenvalue weighted by atomic mass is 35.5. The van der Waals surface area contributed by atoms with Gasteiger partial charge in [-0.25, -0.2) is 0 Å². The molecule has 1 aliphatic rings. The van der Waals surface area contributed by atoms with Crippen LogP contribution in [-0.2, 0) is 11.2 Å². The molecule has 1 heterocycles. The van der Waals surface area contributed by atoms with Crippen LogP contribution in [0.15, 0.2) is 42.5 Å². The predicted octanol–water partition coefficient (Wildman–Crippen LogP) is 2.67. The number of likely N-dealkylation sites (N-methyl/N-ethyl adjacent to an activating group) is 1. The zero-order valence-corrected chi connectivity index (χ0v) is 14.0. The summed E-state index contributed by atoms with van der Waals surface area (Å²) in [5.74, 6) is 0.418. The minimum Gasteiger partial charge on any atom is -0.482 e. The Hall–Kier alpha value is -2.53. The normalized spacial score (nSPS) is 13.2. The Kier molecular flexibility index (Phi) is 4.71. The lowest BCUT2D eigenvalue weighted by molar-refractivity contribution is -0.120. The average Bonchev–Trinajstić information content (AvgIpc) is 2.59. The summed E-state index contributed by atoms with van der Waals surface area (Å²) in [6.45, 7) is 0.540. The van der Waals surface area contributed by atoms with Gasteiger partial charge in [0, 0.05) is 13.6 Å². The van der Waals surface area contributed by atoms with E-state index >= 15 is 0 Å². The van der Waals surface area contributed by atoms with Crippen molar-refractivity contribution in [3.8, 4) is 5.75 Å². The number of rotatable bonds is 4. The van der Waals surface area contributed by atoms with Crippen LogP contribution in [0.3, 0.4) is 0 Å². The molecule has 0 fully saturated rings. The quantitative estimate of drug-likeness (QED) is 0.927. The first kappa shape index (κ1) is 16.3. The minimum absolute atomic E-state index is 0.0662. The van der Waals surface area contributed by atoms with Gasteiger partial charge in [0.1, 0.15) is 5.75 Å². The molecule has 0 aromatic heterocycles. The van der Waals surface area contributed by atoms with Crippen LogP contribution < -0.4 is 15.0 Å². The van der Waals surface area contributed by atoms with Gasteiger partial charge >= 0.3 is 0 Å². The molecule has 6 heteroatoms. The third-order valence-electron chi connectivity index (χ3n) is 3.93. The molecule has 0 bridgehead atoms. The molecule has 5 nitrogen and oxygen atoms in total. The molecule has 24 heavy (non-hydrogen) atoms. The second-order valence-electron chi connectivity index (χ2n) is 5.53. The van der Waals surface area contributed by atoms with Crippen molar-refractivity contribution in [2.24, 2.45) is 0 Å². The smallest absolute Gasteiger partial charge is 0.264 e. The van der Waals surface area contributed by atoms with Gasteiger partial charge in [-0.2, -0.15) is 0 Å². The maximum atomic E-state index is 12.1. The summed E-state index contributed by atoms with van der Waals surface area (Å²) < 4.78 is 5.40. The molecule has 3 rings (SSSR count). The molecule has 2 aromatic carbocycles. The molecule has 2 amide bonds. The van der Waals surface area contributed by atoms with Crippen LogP contribution in [0, 0.1) is 0 Å². The highest BCUT2D eigenvalue weighted by Gasteiger charge is 2.22. The number of anilines is 1. The van der Waals surface area contributed by atoms with Crippen molar-refractivity contribution in [2.45, 2.75) is 6.42 Å². The summed E-state index contributed by atoms with van der Waals surface area (Å²) in [4.78, 5) is 25.4. The lowest BCUT2D eigenvalue weighted by atomic mass is 10.1. The molecular formula is C18H17ClN2O3. The topological polar surface area (TPSA) is 58.6 Å². The first-order valence-electron chi connectivity index (χ1n) is 7.61. The molecule has 124 valence electrons. The number of fused-ring (bicyclic) bond motifs is 1. The van der Waals surface area contributed by atoms with E-state index in [1.165, 1.54) is 0 Å². The zero-order valence-electron chi connectivity index (χ0n) is 13.2. The Balaban J connectivity index is 1.63. The molecule has 0 aliphatic carbocycles. The van der Waals surface area contributed by atoms with Crippen molar-refractivity contribution in [1.29, 1.82) is 0 Å². The number of benzene rings is 2. The molecule has 0 radical (unpaired) electrons. The zero-order chi connectivity index (χ0) is 17.1. The van der Waals surface area contributed by atoms with Crippen molar-refractivity contribution in [1.82, 2.24) is 5.32 Å². The van der Waals surface area contributed by atoms with E-state index in [4.69, 9.17) is 16.3 Å². The van der Waals surface area contributed by atoms with Gasteiger partial charge in [-0.15, -0.1) is 0 Å². The van der Waals surface area contributed by atoms with Gasteiger partial charge in [0.25, 0.3) is 11.8 Å². The number of carbonyl (C=O) groups is 2. The van der Waals surface area contributed by atoms with E-state index in [2.05, 4.69) is 5.32 Å². The summed E-state index contributed by atoms with van der Waals surface area (Å²) in [7, 11) is 1.73. The minimum atomic E-state index is -0.200. The number of hydrogen-bond acceptors (Lipinski definition) is 3. The summed E-state index contributed by atoms with van der Waals surface area (Å²) >= 11 is 6.01. The van der Waals surface area contributed by atoms with Crippen LogP contribution in [0.1, 0.15) is 15.9 Å². The molecule has 0 unspecified atom stereocenters. The van der Waals surface area contributed by atoms with Crippen molar-refractivity contribution in [3.05, 3.63) is 58.6 Å². The second kappa shape index (κ2) is 6.93. The molecular weight excluding hydrogens is 328 g/mol. The van der Waals surface area contributed by atoms with Crippen molar-refractivity contribution in [2.75, 3.05) is 25.1 Å². The Labute approximate surface area is 145 Å². The van der Waals surface area contributed by atoms with E-state index in [1.807, 2.05) is 18.2 Å². The predicted molar refractivity (Wildman–Crippen MR) is 92.8 cm³/mol. The van der Waals surface area contributed by atoms with E-state index in [0.717, 1.165) is 11.3 Å². The van der Waals surface area contributed by atoms with Gasteiger partial charge in [0.15, 0.2) is 6.61 Å². The highest BCUT2D eigenvalue weighted by Crippen LogP contribution is 2.31. The third-order valence-corrected chi connectivity index (χ3v) is 4.26. The monoisotopic (exact) mass is 344 g/mol. The highest BCUT2D eigenvalue weighted by molar-refractivity contribution is 6.33. The van der Waals surface area contributed by atoms with E-state index in [-0.39, 0.29) is 18.4 Å². The van der Waals surface area contributed by atoms with Crippen molar-refractivity contribution >= 4 is 29.1 Å². The Bertz CT molecular complexity index is 792. The van der Waals surface area contributed by atoms with E-state index in [0.29, 0.717) is 29.3 Å². The number of nitrogens with zero attached hydrogens (tertiary/aromatic N) is 1. The third kappa shape index (κ3) is 3.36. The first-order chi connectivity index (χ1) is 11.6. The molecule has 0 saturated heterocycles. The molecule has 2 aromatic rings. The fourth-order valence-corrected chi connectivity index (χ4v) is 2.76. The maximum Gasteiger partial charge on any atom is 0.264 e. The van der Waals surface area contributed by atoms with Gasteiger partial charge < -0.3 is 15.0 Å². The average molecular weight is 345 g/mol. The van der Waals surface area contributed by atoms with Crippen LogP contribution in [0.5, 0.6) is 5.75 Å². The fourth-order valence-electron chi connectivity index (χ4n) is 2.53. The summed E-state index contributed by atoms with van der Waals surface area (Å²) in [6.07, 6.45) is 0.644. The summed E-state index contributed by atoms with van der Waals surface area (Å²) in [5, 5.41) is 3.28. The standard InChI is InChI=1S/C18H17ClN2O3/c1-21-15-10-12(6-7-16(15)24-11-17(21)22)8-9-20-18(23)13-4-2-3-5-14(13)19/h2-7,10H,8-9,11H2,1H3,(H,20,23). The number of nitrogens with one attached hydrogen (secondary N) is 1. The molecule has 0 saturated carbocycles. The van der Waals surface area contributed by atoms with E-state index < -0.39 is 0 Å². The van der Waals surface area contributed by atoms with Crippen molar-refractivity contribution < 1.29 is 14.3 Å². The molecule has 0 atom stereocenters. The van der Waals surface area contributed by atoms with E-state index in [9.17, 15) is 9.59 Å². The van der Waals surface area contributed by atoms with Crippen LogP contribution in [-0.4, -0.2) is 32.0 Å². The molecule has 0 spiro atoms. The van der Waals surface area contributed by atoms with Crippen LogP contribution >= 0.6 is 11.6 Å². The number of hydrogen-bond donors (Lipinski definition) is 1. The maximum absolute atomic E-state index is 12.1. The van der Waals surface area contributed by atoms with Gasteiger partial charge in [0.2, 0.25) is 0 Å². The van der Waals surface area contributed by atoms with E-state index in [1.54, 1.807) is 36.2 Å². The van der Waals surface area contributed by atoms with Gasteiger partial charge in [-0.3, -0.25) is 9.59 Å². The molecule has 1 aliphatic heterocycles. The Morgan fingerprint density at radius 3 is 2.88 bits per heavy atom. The van der Waals surface area contributed by atoms with Crippen LogP contribution in [0.2, 0.25) is 5.02 Å². The fraction of sp³-hybridized carbons (Fsp3) is 0.222. The summed E-state index contributed by atoms with van der Waals surface area (Å²) in [5.41, 5.74) is 2.22. The number of halogens is 1. The van der Waals surface area contributed by atoms with Gasteiger partial charge in [-0.1, -0.05) is 29.8 Å². The largest absolute Gasteiger partial charge is 0.482 e. The van der Waals surface area contributed by atoms with Crippen molar-refractivity contribution in [3.63, 3.8) is 0 Å². The number of ether oxygens (including phenoxy) is 1. The van der Waals surface area contributed by atoms with Gasteiger partial charge in [-0.05, 0) is 36.2 Å². The Morgan fingerprint density at radius 2 is 2.08 bits per heavy atom. The van der Waals surface area contributed by atoms with Crippen LogP contribution in [0.25, 0.3) is 0 Å². The number of amides is 2. The summed E-state index contributed by atoms with van der Waals surface area (Å²) in [6, 6.07) is 12.6. The lowest BCUT2D eigenvalue weighted by Gasteiger charge is -2.26. The lowest BCUT2D eigenvalue weighted by Crippen LogP contribution is -2.35. The number of carbonyl (C=O) groups excluding carboxylic acids is 2. The SMILES string of the molecule is CN1C(=O)COc2ccc(CCNC(=O)c3ccccc3Cl)cc21. The molecule has 1 N–H and O–H groups in total. The van der Waals surface area contributed by atoms with Gasteiger partial charge in [0.05, 0.1) is 16.3 Å². The van der Waals surface area contributed by atoms with Crippen LogP contribution in [0.4, 0.5) is 5.69 Å². The second-order valence-corrected chi connectivity index (χ2v) is 5.94. The Morgan fingerprint density at radius 1 is 1.29 bits per heavy atom.